The molecule has 0 aliphatic rings. The van der Waals surface area contributed by atoms with E-state index in [0.29, 0.717) is 0 Å². The summed E-state index contributed by atoms with van der Waals surface area (Å²) in [6, 6.07) is 6.24. The molecular formula is C20H31BN4O6. The van der Waals surface area contributed by atoms with Crippen LogP contribution in [0, 0.1) is 5.92 Å². The van der Waals surface area contributed by atoms with Gasteiger partial charge in [-0.05, 0) is 18.4 Å². The summed E-state index contributed by atoms with van der Waals surface area (Å²) >= 11 is 0. The molecule has 4 amide bonds. The third-order valence-corrected chi connectivity index (χ3v) is 4.43. The lowest BCUT2D eigenvalue weighted by atomic mass is 9.92. The summed E-state index contributed by atoms with van der Waals surface area (Å²) in [7, 11) is -1.71. The van der Waals surface area contributed by atoms with E-state index < -0.39 is 43.0 Å². The third-order valence-electron chi connectivity index (χ3n) is 4.43. The van der Waals surface area contributed by atoms with Crippen LogP contribution < -0.4 is 21.3 Å². The van der Waals surface area contributed by atoms with Gasteiger partial charge in [0.2, 0.25) is 23.6 Å². The van der Waals surface area contributed by atoms with Crippen molar-refractivity contribution in [3.8, 4) is 0 Å². The van der Waals surface area contributed by atoms with E-state index in [1.165, 1.54) is 13.8 Å². The number of carbonyl (C=O) groups is 4. The van der Waals surface area contributed by atoms with Crippen LogP contribution in [0.4, 0.5) is 0 Å². The van der Waals surface area contributed by atoms with Gasteiger partial charge in [-0.1, -0.05) is 44.2 Å². The SMILES string of the molecule is CC(=O)N[C@H](C(=O)N[C@@H](Cc1ccccc1)C(=O)N[C@@H](C)C(=O)NCB(O)O)C(C)C. The normalized spacial score (nSPS) is 13.5. The molecule has 6 N–H and O–H groups in total. The molecule has 0 saturated heterocycles. The molecule has 0 aliphatic carbocycles. The molecule has 0 fully saturated rings. The van der Waals surface area contributed by atoms with Crippen LogP contribution in [-0.4, -0.2) is 65.4 Å². The first-order chi connectivity index (χ1) is 14.5. The van der Waals surface area contributed by atoms with Gasteiger partial charge < -0.3 is 31.3 Å². The number of hydrogen-bond donors (Lipinski definition) is 6. The van der Waals surface area contributed by atoms with E-state index in [1.54, 1.807) is 38.1 Å². The van der Waals surface area contributed by atoms with Gasteiger partial charge in [0.1, 0.15) is 18.1 Å². The molecule has 0 unspecified atom stereocenters. The summed E-state index contributed by atoms with van der Waals surface area (Å²) in [6.07, 6.45) is -0.205. The van der Waals surface area contributed by atoms with Gasteiger partial charge in [0, 0.05) is 13.3 Å². The molecule has 0 aliphatic heterocycles. The first-order valence-corrected chi connectivity index (χ1v) is 10.1. The number of rotatable bonds is 11. The van der Waals surface area contributed by atoms with Gasteiger partial charge in [-0.25, -0.2) is 0 Å². The van der Waals surface area contributed by atoms with Crippen molar-refractivity contribution in [2.24, 2.45) is 5.92 Å². The van der Waals surface area contributed by atoms with Crippen molar-refractivity contribution >= 4 is 30.7 Å². The van der Waals surface area contributed by atoms with E-state index in [9.17, 15) is 19.2 Å². The Balaban J connectivity index is 2.94. The van der Waals surface area contributed by atoms with Crippen molar-refractivity contribution < 1.29 is 29.2 Å². The molecule has 10 nitrogen and oxygen atoms in total. The summed E-state index contributed by atoms with van der Waals surface area (Å²) in [5, 5.41) is 27.8. The second-order valence-corrected chi connectivity index (χ2v) is 7.63. The van der Waals surface area contributed by atoms with Crippen molar-refractivity contribution in [3.63, 3.8) is 0 Å². The van der Waals surface area contributed by atoms with E-state index in [4.69, 9.17) is 10.0 Å². The largest absolute Gasteiger partial charge is 0.472 e. The molecule has 1 aromatic rings. The van der Waals surface area contributed by atoms with Crippen LogP contribution in [0.2, 0.25) is 0 Å². The van der Waals surface area contributed by atoms with Gasteiger partial charge >= 0.3 is 7.12 Å². The van der Waals surface area contributed by atoms with Gasteiger partial charge in [0.25, 0.3) is 0 Å². The predicted molar refractivity (Wildman–Crippen MR) is 115 cm³/mol. The van der Waals surface area contributed by atoms with Crippen LogP contribution in [0.5, 0.6) is 0 Å². The first-order valence-electron chi connectivity index (χ1n) is 10.1. The highest BCUT2D eigenvalue weighted by molar-refractivity contribution is 6.41. The lowest BCUT2D eigenvalue weighted by Gasteiger charge is -2.26. The van der Waals surface area contributed by atoms with Gasteiger partial charge in [0.15, 0.2) is 0 Å². The fourth-order valence-electron chi connectivity index (χ4n) is 2.80. The van der Waals surface area contributed by atoms with Crippen LogP contribution in [0.3, 0.4) is 0 Å². The fraction of sp³-hybridized carbons (Fsp3) is 0.500. The minimum absolute atomic E-state index is 0.174. The number of amides is 4. The molecule has 0 spiro atoms. The van der Waals surface area contributed by atoms with Crippen LogP contribution in [-0.2, 0) is 25.6 Å². The van der Waals surface area contributed by atoms with Gasteiger partial charge in [0.05, 0.1) is 6.44 Å². The van der Waals surface area contributed by atoms with Crippen LogP contribution in [0.1, 0.15) is 33.3 Å². The lowest BCUT2D eigenvalue weighted by Crippen LogP contribution is -2.58. The zero-order valence-electron chi connectivity index (χ0n) is 18.2. The van der Waals surface area contributed by atoms with Crippen molar-refractivity contribution in [2.45, 2.75) is 52.2 Å². The van der Waals surface area contributed by atoms with Crippen molar-refractivity contribution in [1.82, 2.24) is 21.3 Å². The average Bonchev–Trinajstić information content (AvgIpc) is 2.69. The highest BCUT2D eigenvalue weighted by Gasteiger charge is 2.29. The molecule has 0 radical (unpaired) electrons. The molecule has 1 rings (SSSR count). The van der Waals surface area contributed by atoms with E-state index >= 15 is 0 Å². The summed E-state index contributed by atoms with van der Waals surface area (Å²) in [5.41, 5.74) is 0.795. The van der Waals surface area contributed by atoms with Crippen LogP contribution in [0.25, 0.3) is 0 Å². The average molecular weight is 434 g/mol. The monoisotopic (exact) mass is 434 g/mol. The Kier molecular flexibility index (Phi) is 10.7. The maximum atomic E-state index is 12.9. The van der Waals surface area contributed by atoms with E-state index in [2.05, 4.69) is 21.3 Å². The molecule has 11 heteroatoms. The number of benzene rings is 1. The van der Waals surface area contributed by atoms with E-state index in [-0.39, 0.29) is 24.7 Å². The Morgan fingerprint density at radius 1 is 0.903 bits per heavy atom. The lowest BCUT2D eigenvalue weighted by molar-refractivity contribution is -0.133. The molecule has 0 aromatic heterocycles. The minimum atomic E-state index is -1.71. The standard InChI is InChI=1S/C20H31BN4O6/c1-12(2)17(24-14(4)26)20(29)25-16(10-15-8-6-5-7-9-15)19(28)23-13(3)18(27)22-11-21(30)31/h5-9,12-13,16-17,30-31H,10-11H2,1-4H3,(H,22,27)(H,23,28)(H,24,26)(H,25,29)/t13-,16-,17-/m0/s1. The number of hydrogen-bond acceptors (Lipinski definition) is 6. The number of nitrogens with one attached hydrogen (secondary N) is 4. The highest BCUT2D eigenvalue weighted by Crippen LogP contribution is 2.07. The zero-order chi connectivity index (χ0) is 23.6. The molecule has 0 saturated carbocycles. The van der Waals surface area contributed by atoms with Crippen molar-refractivity contribution in [1.29, 1.82) is 0 Å². The van der Waals surface area contributed by atoms with E-state index in [1.807, 2.05) is 6.07 Å². The van der Waals surface area contributed by atoms with E-state index in [0.717, 1.165) is 5.56 Å². The summed E-state index contributed by atoms with van der Waals surface area (Å²) < 4.78 is 0. The van der Waals surface area contributed by atoms with Gasteiger partial charge in [-0.2, -0.15) is 0 Å². The number of carbonyl (C=O) groups excluding carboxylic acids is 4. The third kappa shape index (κ3) is 9.62. The zero-order valence-corrected chi connectivity index (χ0v) is 18.2. The molecule has 3 atom stereocenters. The summed E-state index contributed by atoms with van der Waals surface area (Å²) in [6.45, 7) is 6.29. The van der Waals surface area contributed by atoms with Crippen LogP contribution >= 0.6 is 0 Å². The van der Waals surface area contributed by atoms with Gasteiger partial charge in [-0.15, -0.1) is 0 Å². The fourth-order valence-corrected chi connectivity index (χ4v) is 2.80. The molecular weight excluding hydrogens is 403 g/mol. The molecule has 170 valence electrons. The van der Waals surface area contributed by atoms with Gasteiger partial charge in [-0.3, -0.25) is 19.2 Å². The Bertz CT molecular complexity index is 759. The smallest absolute Gasteiger partial charge is 0.426 e. The maximum absolute atomic E-state index is 12.9. The van der Waals surface area contributed by atoms with Crippen molar-refractivity contribution in [3.05, 3.63) is 35.9 Å². The Morgan fingerprint density at radius 2 is 1.52 bits per heavy atom. The maximum Gasteiger partial charge on any atom is 0.472 e. The Hall–Kier alpha value is -2.92. The quantitative estimate of drug-likeness (QED) is 0.233. The minimum Gasteiger partial charge on any atom is -0.426 e. The predicted octanol–water partition coefficient (Wildman–Crippen LogP) is -1.49. The second kappa shape index (κ2) is 12.7. The summed E-state index contributed by atoms with van der Waals surface area (Å²) in [4.78, 5) is 49.1. The molecule has 1 aromatic carbocycles. The topological polar surface area (TPSA) is 157 Å². The molecule has 31 heavy (non-hydrogen) atoms. The molecule has 0 heterocycles. The molecule has 0 bridgehead atoms. The van der Waals surface area contributed by atoms with Crippen molar-refractivity contribution in [2.75, 3.05) is 6.44 Å². The first kappa shape index (κ1) is 26.1. The highest BCUT2D eigenvalue weighted by atomic mass is 16.4. The van der Waals surface area contributed by atoms with Crippen LogP contribution in [0.15, 0.2) is 30.3 Å². The summed E-state index contributed by atoms with van der Waals surface area (Å²) in [5.74, 6) is -2.28. The second-order valence-electron chi connectivity index (χ2n) is 7.63. The Morgan fingerprint density at radius 3 is 2.03 bits per heavy atom. The Labute approximate surface area is 182 Å².